The third-order valence-corrected chi connectivity index (χ3v) is 5.63. The number of amides is 2. The van der Waals surface area contributed by atoms with E-state index in [-0.39, 0.29) is 25.0 Å². The van der Waals surface area contributed by atoms with E-state index in [1.165, 1.54) is 0 Å². The van der Waals surface area contributed by atoms with Gasteiger partial charge in [-0.1, -0.05) is 0 Å². The Hall–Kier alpha value is -0.950. The zero-order valence-electron chi connectivity index (χ0n) is 14.2. The summed E-state index contributed by atoms with van der Waals surface area (Å²) in [7, 11) is 0. The molecule has 1 saturated carbocycles. The number of piperidine rings is 1. The second-order valence-electron chi connectivity index (χ2n) is 7.51. The van der Waals surface area contributed by atoms with Crippen LogP contribution in [-0.4, -0.2) is 62.3 Å². The number of urea groups is 1. The number of hydrogen-bond donors (Lipinski definition) is 2. The third kappa shape index (κ3) is 4.79. The Bertz CT molecular complexity index is 422. The molecule has 2 N–H and O–H groups in total. The van der Waals surface area contributed by atoms with Gasteiger partial charge in [0.1, 0.15) is 0 Å². The van der Waals surface area contributed by atoms with E-state index in [4.69, 9.17) is 4.74 Å². The molecule has 0 radical (unpaired) electrons. The predicted octanol–water partition coefficient (Wildman–Crippen LogP) is 2.22. The fourth-order valence-electron chi connectivity index (χ4n) is 4.06. The monoisotopic (exact) mass is 345 g/mol. The van der Waals surface area contributed by atoms with Gasteiger partial charge in [-0.3, -0.25) is 0 Å². The first-order valence-corrected chi connectivity index (χ1v) is 9.25. The molecule has 2 amide bonds. The minimum Gasteiger partial charge on any atom is -0.381 e. The van der Waals surface area contributed by atoms with Crippen molar-refractivity contribution in [2.75, 3.05) is 39.4 Å². The molecule has 2 unspecified atom stereocenters. The molecule has 1 aliphatic carbocycles. The Morgan fingerprint density at radius 3 is 2.62 bits per heavy atom. The molecule has 0 spiro atoms. The van der Waals surface area contributed by atoms with Crippen LogP contribution in [0.3, 0.4) is 0 Å². The van der Waals surface area contributed by atoms with E-state index in [2.05, 4.69) is 15.5 Å². The Morgan fingerprint density at radius 2 is 2.00 bits per heavy atom. The van der Waals surface area contributed by atoms with Crippen molar-refractivity contribution in [1.29, 1.82) is 0 Å². The van der Waals surface area contributed by atoms with Crippen molar-refractivity contribution < 1.29 is 18.3 Å². The van der Waals surface area contributed by atoms with Crippen molar-refractivity contribution in [3.63, 3.8) is 0 Å². The van der Waals surface area contributed by atoms with Crippen molar-refractivity contribution in [3.8, 4) is 0 Å². The van der Waals surface area contributed by atoms with E-state index in [1.54, 1.807) is 0 Å². The van der Waals surface area contributed by atoms with Crippen LogP contribution in [0.5, 0.6) is 0 Å². The number of rotatable bonds is 5. The summed E-state index contributed by atoms with van der Waals surface area (Å²) in [5, 5.41) is 5.58. The lowest BCUT2D eigenvalue weighted by atomic mass is 10.0. The Labute approximate surface area is 142 Å². The van der Waals surface area contributed by atoms with Crippen LogP contribution in [0.2, 0.25) is 0 Å². The maximum absolute atomic E-state index is 13.5. The number of halogens is 2. The highest BCUT2D eigenvalue weighted by molar-refractivity contribution is 5.74. The van der Waals surface area contributed by atoms with Gasteiger partial charge in [-0.2, -0.15) is 0 Å². The second-order valence-corrected chi connectivity index (χ2v) is 7.51. The lowest BCUT2D eigenvalue weighted by Crippen LogP contribution is -2.49. The van der Waals surface area contributed by atoms with E-state index in [9.17, 15) is 13.6 Å². The Kier molecular flexibility index (Phi) is 5.92. The van der Waals surface area contributed by atoms with Crippen molar-refractivity contribution in [3.05, 3.63) is 0 Å². The molecular weight excluding hydrogens is 316 g/mol. The number of carbonyl (C=O) groups excluding carboxylic acids is 1. The lowest BCUT2D eigenvalue weighted by Gasteiger charge is -2.33. The average molecular weight is 345 g/mol. The van der Waals surface area contributed by atoms with Gasteiger partial charge < -0.3 is 20.3 Å². The molecular formula is C17H29F2N3O2. The SMILES string of the molecule is O=C(NCC1CCCC1(F)F)NC1CCN(CC2CCOC2)CC1. The Morgan fingerprint density at radius 1 is 1.21 bits per heavy atom. The molecule has 3 rings (SSSR count). The molecule has 0 aromatic rings. The van der Waals surface area contributed by atoms with E-state index in [1.807, 2.05) is 0 Å². The number of nitrogens with zero attached hydrogens (tertiary/aromatic N) is 1. The van der Waals surface area contributed by atoms with E-state index in [0.717, 1.165) is 52.1 Å². The first-order chi connectivity index (χ1) is 11.5. The molecule has 3 fully saturated rings. The van der Waals surface area contributed by atoms with Crippen LogP contribution in [-0.2, 0) is 4.74 Å². The third-order valence-electron chi connectivity index (χ3n) is 5.63. The fraction of sp³-hybridized carbons (Fsp3) is 0.941. The summed E-state index contributed by atoms with van der Waals surface area (Å²) in [4.78, 5) is 14.4. The van der Waals surface area contributed by atoms with Crippen LogP contribution in [0.4, 0.5) is 13.6 Å². The van der Waals surface area contributed by atoms with Crippen LogP contribution < -0.4 is 10.6 Å². The van der Waals surface area contributed by atoms with Crippen LogP contribution in [0, 0.1) is 11.8 Å². The summed E-state index contributed by atoms with van der Waals surface area (Å²) < 4.78 is 32.5. The van der Waals surface area contributed by atoms with Crippen molar-refractivity contribution in [2.45, 2.75) is 50.5 Å². The topological polar surface area (TPSA) is 53.6 Å². The standard InChI is InChI=1S/C17H29F2N3O2/c18-17(19)6-1-2-14(17)10-20-16(23)21-15-3-7-22(8-4-15)11-13-5-9-24-12-13/h13-15H,1-12H2,(H2,20,21,23). The molecule has 0 aromatic heterocycles. The first kappa shape index (κ1) is 17.9. The maximum Gasteiger partial charge on any atom is 0.315 e. The number of nitrogens with one attached hydrogen (secondary N) is 2. The average Bonchev–Trinajstić information content (AvgIpc) is 3.16. The fourth-order valence-corrected chi connectivity index (χ4v) is 4.06. The number of ether oxygens (including phenoxy) is 1. The summed E-state index contributed by atoms with van der Waals surface area (Å²) in [5.74, 6) is -2.69. The lowest BCUT2D eigenvalue weighted by molar-refractivity contribution is -0.0349. The molecule has 2 atom stereocenters. The molecule has 2 saturated heterocycles. The van der Waals surface area contributed by atoms with Gasteiger partial charge in [0.15, 0.2) is 0 Å². The van der Waals surface area contributed by atoms with Crippen LogP contribution in [0.1, 0.15) is 38.5 Å². The number of carbonyl (C=O) groups is 1. The van der Waals surface area contributed by atoms with Gasteiger partial charge >= 0.3 is 6.03 Å². The van der Waals surface area contributed by atoms with Crippen LogP contribution in [0.25, 0.3) is 0 Å². The summed E-state index contributed by atoms with van der Waals surface area (Å²) in [6.45, 7) is 4.84. The largest absolute Gasteiger partial charge is 0.381 e. The molecule has 24 heavy (non-hydrogen) atoms. The quantitative estimate of drug-likeness (QED) is 0.803. The first-order valence-electron chi connectivity index (χ1n) is 9.25. The van der Waals surface area contributed by atoms with Gasteiger partial charge in [0.2, 0.25) is 0 Å². The maximum atomic E-state index is 13.5. The van der Waals surface area contributed by atoms with Gasteiger partial charge in [-0.05, 0) is 38.0 Å². The molecule has 7 heteroatoms. The van der Waals surface area contributed by atoms with Gasteiger partial charge in [0.05, 0.1) is 6.61 Å². The van der Waals surface area contributed by atoms with E-state index < -0.39 is 11.8 Å². The molecule has 5 nitrogen and oxygen atoms in total. The van der Waals surface area contributed by atoms with Gasteiger partial charge in [-0.25, -0.2) is 13.6 Å². The summed E-state index contributed by atoms with van der Waals surface area (Å²) in [5.41, 5.74) is 0. The highest BCUT2D eigenvalue weighted by atomic mass is 19.3. The number of alkyl halides is 2. The molecule has 0 aromatic carbocycles. The zero-order chi connectivity index (χ0) is 17.0. The molecule has 0 bridgehead atoms. The molecule has 2 aliphatic heterocycles. The predicted molar refractivity (Wildman–Crippen MR) is 87.2 cm³/mol. The number of hydrogen-bond acceptors (Lipinski definition) is 3. The highest BCUT2D eigenvalue weighted by Gasteiger charge is 2.43. The van der Waals surface area contributed by atoms with E-state index in [0.29, 0.717) is 18.8 Å². The summed E-state index contributed by atoms with van der Waals surface area (Å²) >= 11 is 0. The molecule has 138 valence electrons. The Balaban J connectivity index is 1.31. The summed E-state index contributed by atoms with van der Waals surface area (Å²) in [6.07, 6.45) is 3.97. The van der Waals surface area contributed by atoms with Gasteiger partial charge in [0, 0.05) is 51.2 Å². The number of likely N-dealkylation sites (tertiary alicyclic amines) is 1. The normalized spacial score (nSPS) is 31.2. The van der Waals surface area contributed by atoms with Crippen molar-refractivity contribution in [1.82, 2.24) is 15.5 Å². The van der Waals surface area contributed by atoms with Gasteiger partial charge in [-0.15, -0.1) is 0 Å². The molecule has 3 aliphatic rings. The minimum atomic E-state index is -2.62. The zero-order valence-corrected chi connectivity index (χ0v) is 14.2. The van der Waals surface area contributed by atoms with Gasteiger partial charge in [0.25, 0.3) is 5.92 Å². The highest BCUT2D eigenvalue weighted by Crippen LogP contribution is 2.39. The summed E-state index contributed by atoms with van der Waals surface area (Å²) in [6, 6.07) is -0.162. The van der Waals surface area contributed by atoms with Crippen molar-refractivity contribution >= 4 is 6.03 Å². The minimum absolute atomic E-state index is 0.0501. The van der Waals surface area contributed by atoms with E-state index >= 15 is 0 Å². The second kappa shape index (κ2) is 7.95. The van der Waals surface area contributed by atoms with Crippen LogP contribution in [0.15, 0.2) is 0 Å². The van der Waals surface area contributed by atoms with Crippen LogP contribution >= 0.6 is 0 Å². The smallest absolute Gasteiger partial charge is 0.315 e. The molecule has 2 heterocycles. The van der Waals surface area contributed by atoms with Crippen molar-refractivity contribution in [2.24, 2.45) is 11.8 Å².